The van der Waals surface area contributed by atoms with E-state index in [1.165, 1.54) is 0 Å². The molecule has 0 aliphatic heterocycles. The van der Waals surface area contributed by atoms with Crippen LogP contribution < -0.4 is 10.5 Å². The average Bonchev–Trinajstić information content (AvgIpc) is 2.17. The number of carbonyl (C=O) groups is 1. The second-order valence-corrected chi connectivity index (χ2v) is 3.37. The zero-order chi connectivity index (χ0) is 11.3. The van der Waals surface area contributed by atoms with Gasteiger partial charge >= 0.3 is 5.97 Å². The molecule has 1 rings (SSSR count). The molecule has 0 aliphatic rings. The molecule has 4 nitrogen and oxygen atoms in total. The third-order valence-corrected chi connectivity index (χ3v) is 2.11. The predicted molar refractivity (Wildman–Crippen MR) is 56.9 cm³/mol. The summed E-state index contributed by atoms with van der Waals surface area (Å²) < 4.78 is 5.15. The Morgan fingerprint density at radius 1 is 1.53 bits per heavy atom. The van der Waals surface area contributed by atoms with Gasteiger partial charge in [-0.1, -0.05) is 18.2 Å². The van der Waals surface area contributed by atoms with Crippen molar-refractivity contribution in [3.05, 3.63) is 29.8 Å². The van der Waals surface area contributed by atoms with Gasteiger partial charge in [0, 0.05) is 6.04 Å². The number of nitrogens with two attached hydrogens (primary N) is 1. The Balaban J connectivity index is 2.67. The highest BCUT2D eigenvalue weighted by Crippen LogP contribution is 2.18. The Bertz CT molecular complexity index is 338. The second kappa shape index (κ2) is 5.36. The summed E-state index contributed by atoms with van der Waals surface area (Å²) in [7, 11) is 1.58. The van der Waals surface area contributed by atoms with Gasteiger partial charge in [-0.3, -0.25) is 4.79 Å². The van der Waals surface area contributed by atoms with Crippen molar-refractivity contribution in [3.63, 3.8) is 0 Å². The monoisotopic (exact) mass is 209 g/mol. The smallest absolute Gasteiger partial charge is 0.304 e. The van der Waals surface area contributed by atoms with Crippen molar-refractivity contribution in [1.82, 2.24) is 0 Å². The number of hydrogen-bond donors (Lipinski definition) is 2. The van der Waals surface area contributed by atoms with Gasteiger partial charge in [0.2, 0.25) is 0 Å². The van der Waals surface area contributed by atoms with Crippen LogP contribution >= 0.6 is 0 Å². The molecule has 4 heteroatoms. The first-order chi connectivity index (χ1) is 7.13. The fourth-order valence-corrected chi connectivity index (χ4v) is 1.45. The van der Waals surface area contributed by atoms with E-state index in [1.807, 2.05) is 24.3 Å². The van der Waals surface area contributed by atoms with Crippen LogP contribution in [0, 0.1) is 0 Å². The molecule has 1 atom stereocenters. The molecule has 3 N–H and O–H groups in total. The molecule has 0 radical (unpaired) electrons. The van der Waals surface area contributed by atoms with E-state index in [2.05, 4.69) is 0 Å². The lowest BCUT2D eigenvalue weighted by atomic mass is 10.0. The lowest BCUT2D eigenvalue weighted by Crippen LogP contribution is -2.26. The highest BCUT2D eigenvalue weighted by atomic mass is 16.5. The molecule has 0 spiro atoms. The standard InChI is InChI=1S/C11H15NO3/c1-15-10-5-3-2-4-8(10)6-9(12)7-11(13)14/h2-5,9H,6-7,12H2,1H3,(H,13,14). The SMILES string of the molecule is COc1ccccc1CC(N)CC(=O)O. The summed E-state index contributed by atoms with van der Waals surface area (Å²) >= 11 is 0. The number of ether oxygens (including phenoxy) is 1. The van der Waals surface area contributed by atoms with E-state index in [0.717, 1.165) is 11.3 Å². The van der Waals surface area contributed by atoms with Gasteiger partial charge in [-0.2, -0.15) is 0 Å². The molecule has 1 aromatic rings. The molecule has 82 valence electrons. The number of hydrogen-bond acceptors (Lipinski definition) is 3. The maximum absolute atomic E-state index is 10.4. The summed E-state index contributed by atoms with van der Waals surface area (Å²) in [5, 5.41) is 8.58. The molecule has 0 bridgehead atoms. The van der Waals surface area contributed by atoms with Gasteiger partial charge in [0.15, 0.2) is 0 Å². The van der Waals surface area contributed by atoms with Crippen molar-refractivity contribution in [2.75, 3.05) is 7.11 Å². The zero-order valence-corrected chi connectivity index (χ0v) is 8.64. The maximum atomic E-state index is 10.4. The molecule has 1 aromatic carbocycles. The summed E-state index contributed by atoms with van der Waals surface area (Å²) in [5.41, 5.74) is 6.63. The van der Waals surface area contributed by atoms with Gasteiger partial charge in [0.05, 0.1) is 13.5 Å². The van der Waals surface area contributed by atoms with Gasteiger partial charge < -0.3 is 15.6 Å². The van der Waals surface area contributed by atoms with E-state index in [4.69, 9.17) is 15.6 Å². The Labute approximate surface area is 88.7 Å². The molecule has 0 aromatic heterocycles. The average molecular weight is 209 g/mol. The predicted octanol–water partition coefficient (Wildman–Crippen LogP) is 1.04. The van der Waals surface area contributed by atoms with Crippen molar-refractivity contribution in [2.45, 2.75) is 18.9 Å². The molecular formula is C11H15NO3. The molecule has 15 heavy (non-hydrogen) atoms. The summed E-state index contributed by atoms with van der Waals surface area (Å²) in [4.78, 5) is 10.4. The summed E-state index contributed by atoms with van der Waals surface area (Å²) in [5.74, 6) is -0.129. The van der Waals surface area contributed by atoms with Gasteiger partial charge in [-0.15, -0.1) is 0 Å². The third-order valence-electron chi connectivity index (χ3n) is 2.11. The van der Waals surface area contributed by atoms with Gasteiger partial charge in [-0.05, 0) is 18.1 Å². The van der Waals surface area contributed by atoms with Crippen LogP contribution in [0.25, 0.3) is 0 Å². The number of carboxylic acids is 1. The molecule has 1 unspecified atom stereocenters. The Hall–Kier alpha value is -1.55. The Kier molecular flexibility index (Phi) is 4.12. The Morgan fingerprint density at radius 2 is 2.20 bits per heavy atom. The number of rotatable bonds is 5. The summed E-state index contributed by atoms with van der Waals surface area (Å²) in [6.07, 6.45) is 0.481. The van der Waals surface area contributed by atoms with Crippen LogP contribution in [-0.4, -0.2) is 24.2 Å². The maximum Gasteiger partial charge on any atom is 0.304 e. The fourth-order valence-electron chi connectivity index (χ4n) is 1.45. The molecule has 0 aliphatic carbocycles. The van der Waals surface area contributed by atoms with Crippen LogP contribution in [-0.2, 0) is 11.2 Å². The topological polar surface area (TPSA) is 72.5 Å². The number of para-hydroxylation sites is 1. The van der Waals surface area contributed by atoms with E-state index < -0.39 is 5.97 Å². The van der Waals surface area contributed by atoms with E-state index in [0.29, 0.717) is 6.42 Å². The van der Waals surface area contributed by atoms with Crippen molar-refractivity contribution in [1.29, 1.82) is 0 Å². The number of carboxylic acid groups (broad SMARTS) is 1. The van der Waals surface area contributed by atoms with Gasteiger partial charge in [0.25, 0.3) is 0 Å². The van der Waals surface area contributed by atoms with E-state index in [1.54, 1.807) is 7.11 Å². The fraction of sp³-hybridized carbons (Fsp3) is 0.364. The quantitative estimate of drug-likeness (QED) is 0.760. The minimum Gasteiger partial charge on any atom is -0.496 e. The Morgan fingerprint density at radius 3 is 2.80 bits per heavy atom. The molecule has 0 saturated heterocycles. The first-order valence-corrected chi connectivity index (χ1v) is 4.72. The zero-order valence-electron chi connectivity index (χ0n) is 8.64. The largest absolute Gasteiger partial charge is 0.496 e. The molecule has 0 heterocycles. The van der Waals surface area contributed by atoms with Crippen LogP contribution in [0.4, 0.5) is 0 Å². The number of benzene rings is 1. The minimum absolute atomic E-state index is 0.0297. The van der Waals surface area contributed by atoms with Crippen molar-refractivity contribution in [3.8, 4) is 5.75 Å². The van der Waals surface area contributed by atoms with Gasteiger partial charge in [0.1, 0.15) is 5.75 Å². The van der Waals surface area contributed by atoms with Crippen LogP contribution in [0.5, 0.6) is 5.75 Å². The first-order valence-electron chi connectivity index (χ1n) is 4.72. The molecule has 0 saturated carbocycles. The van der Waals surface area contributed by atoms with Gasteiger partial charge in [-0.25, -0.2) is 0 Å². The third kappa shape index (κ3) is 3.59. The highest BCUT2D eigenvalue weighted by Gasteiger charge is 2.11. The van der Waals surface area contributed by atoms with Crippen LogP contribution in [0.2, 0.25) is 0 Å². The minimum atomic E-state index is -0.877. The van der Waals surface area contributed by atoms with Crippen LogP contribution in [0.3, 0.4) is 0 Å². The van der Waals surface area contributed by atoms with Crippen molar-refractivity contribution < 1.29 is 14.6 Å². The lowest BCUT2D eigenvalue weighted by molar-refractivity contribution is -0.137. The first kappa shape index (κ1) is 11.5. The van der Waals surface area contributed by atoms with Crippen molar-refractivity contribution in [2.24, 2.45) is 5.73 Å². The summed E-state index contributed by atoms with van der Waals surface area (Å²) in [6.45, 7) is 0. The molecule has 0 fully saturated rings. The molecular weight excluding hydrogens is 194 g/mol. The normalized spacial score (nSPS) is 12.1. The van der Waals surface area contributed by atoms with Crippen molar-refractivity contribution >= 4 is 5.97 Å². The molecule has 0 amide bonds. The van der Waals surface area contributed by atoms with E-state index in [9.17, 15) is 4.79 Å². The van der Waals surface area contributed by atoms with E-state index in [-0.39, 0.29) is 12.5 Å². The highest BCUT2D eigenvalue weighted by molar-refractivity contribution is 5.67. The van der Waals surface area contributed by atoms with Crippen LogP contribution in [0.1, 0.15) is 12.0 Å². The van der Waals surface area contributed by atoms with Crippen LogP contribution in [0.15, 0.2) is 24.3 Å². The number of aliphatic carboxylic acids is 1. The van der Waals surface area contributed by atoms with E-state index >= 15 is 0 Å². The number of methoxy groups -OCH3 is 1. The second-order valence-electron chi connectivity index (χ2n) is 3.37. The summed E-state index contributed by atoms with van der Waals surface area (Å²) in [6, 6.07) is 7.10. The lowest BCUT2D eigenvalue weighted by Gasteiger charge is -2.12.